The normalized spacial score (nSPS) is 10.0. The van der Waals surface area contributed by atoms with Gasteiger partial charge in [0, 0.05) is 62.7 Å². The number of nitrogens with zero attached hydrogens (tertiary/aromatic N) is 14. The Kier molecular flexibility index (Phi) is 54.3. The van der Waals surface area contributed by atoms with Crippen molar-refractivity contribution in [1.82, 2.24) is 58.1 Å². The Morgan fingerprint density at radius 2 is 0.840 bits per heavy atom. The third-order valence-electron chi connectivity index (χ3n) is 17.3. The van der Waals surface area contributed by atoms with Gasteiger partial charge in [0.1, 0.15) is 17.9 Å². The van der Waals surface area contributed by atoms with Gasteiger partial charge in [-0.3, -0.25) is 107 Å². The number of carbonyl (C=O) groups is 8. The number of carboxylic acid groups (broad SMARTS) is 1. The predicted molar refractivity (Wildman–Crippen MR) is 515 cm³/mol. The van der Waals surface area contributed by atoms with E-state index in [4.69, 9.17) is 20.3 Å². The van der Waals surface area contributed by atoms with Crippen LogP contribution in [0.2, 0.25) is 0 Å². The molecule has 0 radical (unpaired) electrons. The number of hydrogen-bond donors (Lipinski definition) is 3. The maximum Gasteiger partial charge on any atom is 0.325 e. The van der Waals surface area contributed by atoms with E-state index in [-0.39, 0.29) is 113 Å². The predicted octanol–water partition coefficient (Wildman–Crippen LogP) is 17.0. The number of nitro groups is 3. The van der Waals surface area contributed by atoms with Crippen LogP contribution in [-0.4, -0.2) is 166 Å². The number of Topliss-reactive ketones (excluding diaryl/α,β-unsaturated/α-hetero) is 7. The number of para-hydroxylation sites is 6. The lowest BCUT2D eigenvalue weighted by atomic mass is 9.99. The van der Waals surface area contributed by atoms with Crippen molar-refractivity contribution in [3.8, 4) is 11.3 Å². The number of hydrogen-bond acceptors (Lipinski definition) is 25. The fraction of sp³-hybridized carbons (Fsp3) is 0.358. The van der Waals surface area contributed by atoms with Gasteiger partial charge in [-0.2, -0.15) is 20.4 Å². The Hall–Kier alpha value is -14.5. The van der Waals surface area contributed by atoms with Crippen LogP contribution in [0, 0.1) is 37.3 Å². The van der Waals surface area contributed by atoms with Crippen LogP contribution >= 0.6 is 0 Å². The summed E-state index contributed by atoms with van der Waals surface area (Å²) in [5, 5.41) is 61.8. The standard InChI is InChI=1S/C14H13N3O2.C13H11N3O3.C13H13N3O3.C13H11N3O2.C12H11NO4.C10H9NO4.C5H13NO2.C3H9N.6C2H6/c1-9(18)8-17-13-10-5-3-4-6-12(10)16(2)14(19)11(13)7-15-17;1-15-10-5-3-2-4-8(10)12-9(13(15)19)6-14-16(12)7-11(17)18;1-9-7-14-15(8-10(2)17)13(9)11-5-3-4-6-12(11)16(18)19;1-8(17)7-16-12-9-4-2-3-5-11(9)15-13(18)10(12)6-14-16;1-3-9(8(2)14)12(15)10-6-4-5-7-11(10)13(16)17;1-7(12)6-10(13)8-4-2-3-5-9(8)11(14)15;1-6(2)5(7-3)8-4;1-2-3-4;6*1-2/h3-7H,8H2,1-2H3;2-6H,7H2,1H3,(H,17,18);3-7H,8H2,1-2H3;2-6H,7H2,1H3,(H,15,18);3-7H,1-2H3;2-5H,6H2,1H3;5H,1-4H3;2-4H2,1H3;6*1-2H3/b;;;;9-3+;;;;;;;;;. The number of fused-ring (bicyclic) bond motifs is 9. The molecule has 0 saturated heterocycles. The highest BCUT2D eigenvalue weighted by molar-refractivity contribution is 6.26. The Balaban J connectivity index is 0.00000148. The van der Waals surface area contributed by atoms with E-state index in [9.17, 15) is 83.1 Å². The molecule has 0 aliphatic heterocycles. The Morgan fingerprint density at radius 1 is 0.489 bits per heavy atom. The number of benzene rings is 6. The van der Waals surface area contributed by atoms with Crippen molar-refractivity contribution in [2.75, 3.05) is 34.9 Å². The number of nitrogens with one attached hydrogen (secondary N) is 1. The summed E-state index contributed by atoms with van der Waals surface area (Å²) in [6, 6.07) is 40.1. The summed E-state index contributed by atoms with van der Waals surface area (Å²) in [5.74, 6) is -2.88. The van der Waals surface area contributed by atoms with E-state index >= 15 is 0 Å². The summed E-state index contributed by atoms with van der Waals surface area (Å²) in [5.41, 5.74) is 10.2. The number of aryl methyl sites for hydroxylation is 3. The maximum atomic E-state index is 12.3. The number of ether oxygens (including phenoxy) is 2. The van der Waals surface area contributed by atoms with Crippen molar-refractivity contribution in [3.63, 3.8) is 0 Å². The summed E-state index contributed by atoms with van der Waals surface area (Å²) < 4.78 is 18.9. The average Bonchev–Trinajstić information content (AvgIpc) is 1.62. The number of aromatic nitrogens is 11. The zero-order valence-electron chi connectivity index (χ0n) is 79.8. The maximum absolute atomic E-state index is 12.3. The number of aromatic amines is 1. The van der Waals surface area contributed by atoms with E-state index in [1.54, 1.807) is 78.1 Å². The van der Waals surface area contributed by atoms with E-state index in [0.29, 0.717) is 38.4 Å². The summed E-state index contributed by atoms with van der Waals surface area (Å²) in [4.78, 5) is 162. The van der Waals surface area contributed by atoms with Crippen molar-refractivity contribution in [2.45, 2.75) is 184 Å². The SMILES string of the molecule is C/C=C(\C(C)=O)C(=O)c1ccccc1[N+](=O)[O-].CC.CC.CC.CC.CC.CC.CC(=O)CC(=O)c1ccccc1[N+](=O)[O-].CC(=O)Cn1ncc(C)c1-c1ccccc1[N+](=O)[O-].CC(=O)Cn1ncc2c(=O)[nH]c3ccccc3c21.CC(=O)Cn1ncc2c(=O)n(C)c3ccccc3c21.CCCN.COC(OC)N(C)C.Cn1c(=O)c2cnn(CC(=O)O)c2c2ccccc21. The van der Waals surface area contributed by atoms with E-state index in [1.807, 2.05) is 182 Å². The molecular weight excluding hydrogens is 1690 g/mol. The molecular formula is C95H126N16O20. The van der Waals surface area contributed by atoms with Crippen LogP contribution in [0.4, 0.5) is 17.1 Å². The first kappa shape index (κ1) is 117. The molecule has 0 saturated carbocycles. The first-order valence-electron chi connectivity index (χ1n) is 42.4. The third-order valence-corrected chi connectivity index (χ3v) is 17.3. The summed E-state index contributed by atoms with van der Waals surface area (Å²) in [6.07, 6.45) is 8.01. The number of rotatable bonds is 22. The molecule has 7 heterocycles. The highest BCUT2D eigenvalue weighted by Crippen LogP contribution is 2.33. The van der Waals surface area contributed by atoms with Gasteiger partial charge in [-0.25, -0.2) is 0 Å². The van der Waals surface area contributed by atoms with Crippen molar-refractivity contribution >= 4 is 129 Å². The fourth-order valence-corrected chi connectivity index (χ4v) is 12.1. The zero-order valence-corrected chi connectivity index (χ0v) is 79.8. The van der Waals surface area contributed by atoms with Crippen molar-refractivity contribution in [1.29, 1.82) is 0 Å². The molecule has 4 N–H and O–H groups in total. The van der Waals surface area contributed by atoms with Crippen LogP contribution in [0.3, 0.4) is 0 Å². The molecule has 706 valence electrons. The number of carbonyl (C=O) groups excluding carboxylic acids is 7. The molecule has 6 aromatic carbocycles. The number of nitrogens with two attached hydrogens (primary N) is 1. The molecule has 0 amide bonds. The van der Waals surface area contributed by atoms with Crippen LogP contribution in [0.25, 0.3) is 76.7 Å². The summed E-state index contributed by atoms with van der Waals surface area (Å²) in [7, 11) is 10.4. The van der Waals surface area contributed by atoms with Gasteiger partial charge in [0.05, 0.1) is 137 Å². The molecule has 131 heavy (non-hydrogen) atoms. The third kappa shape index (κ3) is 33.6. The van der Waals surface area contributed by atoms with Crippen LogP contribution < -0.4 is 22.4 Å². The van der Waals surface area contributed by atoms with Gasteiger partial charge in [-0.1, -0.05) is 187 Å². The largest absolute Gasteiger partial charge is 0.480 e. The van der Waals surface area contributed by atoms with Crippen LogP contribution in [-0.2, 0) is 78.5 Å². The van der Waals surface area contributed by atoms with Crippen molar-refractivity contribution in [3.05, 3.63) is 260 Å². The van der Waals surface area contributed by atoms with Crippen LogP contribution in [0.15, 0.2) is 196 Å². The molecule has 0 aliphatic carbocycles. The number of H-pyrrole nitrogens is 1. The van der Waals surface area contributed by atoms with Gasteiger partial charge >= 0.3 is 5.97 Å². The minimum absolute atomic E-state index is 0.00404. The van der Waals surface area contributed by atoms with E-state index < -0.39 is 38.1 Å². The van der Waals surface area contributed by atoms with Gasteiger partial charge in [-0.15, -0.1) is 0 Å². The molecule has 0 spiro atoms. The number of allylic oxidation sites excluding steroid dienone is 2. The number of aliphatic carboxylic acids is 1. The van der Waals surface area contributed by atoms with Gasteiger partial charge in [0.2, 0.25) is 12.2 Å². The van der Waals surface area contributed by atoms with E-state index in [2.05, 4.69) is 32.3 Å². The summed E-state index contributed by atoms with van der Waals surface area (Å²) in [6.45, 7) is 37.4. The minimum atomic E-state index is -0.991. The molecule has 0 aliphatic rings. The number of ketones is 7. The lowest BCUT2D eigenvalue weighted by Crippen LogP contribution is -2.30. The monoisotopic (exact) mass is 1810 g/mol. The molecule has 0 bridgehead atoms. The topological polar surface area (TPSA) is 482 Å². The minimum Gasteiger partial charge on any atom is -0.480 e. The average molecular weight is 1810 g/mol. The molecule has 0 atom stereocenters. The highest BCUT2D eigenvalue weighted by Gasteiger charge is 2.26. The molecule has 13 aromatic rings. The van der Waals surface area contributed by atoms with Gasteiger partial charge in [0.15, 0.2) is 28.9 Å². The Labute approximate surface area is 761 Å². The second-order valence-electron chi connectivity index (χ2n) is 26.5. The van der Waals surface area contributed by atoms with Crippen LogP contribution in [0.1, 0.15) is 171 Å². The molecule has 36 heteroatoms. The number of carboxylic acids is 1. The molecule has 0 unspecified atom stereocenters. The van der Waals surface area contributed by atoms with Gasteiger partial charge in [-0.05, 0) is 117 Å². The highest BCUT2D eigenvalue weighted by atomic mass is 16.7. The van der Waals surface area contributed by atoms with Gasteiger partial charge in [0.25, 0.3) is 33.7 Å². The van der Waals surface area contributed by atoms with E-state index in [0.717, 1.165) is 56.8 Å². The summed E-state index contributed by atoms with van der Waals surface area (Å²) >= 11 is 0. The van der Waals surface area contributed by atoms with Gasteiger partial charge < -0.3 is 34.4 Å². The molecule has 0 fully saturated rings. The Morgan fingerprint density at radius 3 is 1.22 bits per heavy atom. The fourth-order valence-electron chi connectivity index (χ4n) is 12.1. The van der Waals surface area contributed by atoms with Crippen molar-refractivity contribution in [2.24, 2.45) is 19.8 Å². The zero-order chi connectivity index (χ0) is 100. The quantitative estimate of drug-likeness (QED) is 0.0108. The smallest absolute Gasteiger partial charge is 0.325 e. The number of methoxy groups -OCH3 is 2. The second kappa shape index (κ2) is 61.1. The van der Waals surface area contributed by atoms with E-state index in [1.165, 1.54) is 123 Å². The molecule has 7 aromatic heterocycles. The first-order valence-corrected chi connectivity index (χ1v) is 42.4. The lowest BCUT2D eigenvalue weighted by molar-refractivity contribution is -0.385. The first-order chi connectivity index (χ1) is 62.5. The van der Waals surface area contributed by atoms with Crippen molar-refractivity contribution < 1.29 is 67.7 Å². The lowest BCUT2D eigenvalue weighted by Gasteiger charge is -2.19. The van der Waals surface area contributed by atoms with Crippen LogP contribution in [0.5, 0.6) is 0 Å². The Bertz CT molecular complexity index is 6030. The number of pyridine rings is 3. The number of nitro benzene ring substituents is 3. The second-order valence-corrected chi connectivity index (χ2v) is 26.5. The molecule has 13 rings (SSSR count). The molecule has 36 nitrogen and oxygen atoms in total.